The maximum atomic E-state index is 12.2. The zero-order chi connectivity index (χ0) is 14.6. The number of piperidine rings is 1. The van der Waals surface area contributed by atoms with Crippen LogP contribution in [0.1, 0.15) is 13.3 Å². The van der Waals surface area contributed by atoms with Crippen LogP contribution in [0.2, 0.25) is 0 Å². The molecule has 5 nitrogen and oxygen atoms in total. The summed E-state index contributed by atoms with van der Waals surface area (Å²) in [7, 11) is -1.89. The second kappa shape index (κ2) is 6.56. The first-order valence-corrected chi connectivity index (χ1v) is 8.35. The van der Waals surface area contributed by atoms with Gasteiger partial charge in [0.05, 0.1) is 12.0 Å². The molecule has 0 bridgehead atoms. The molecule has 0 saturated carbocycles. The zero-order valence-electron chi connectivity index (χ0n) is 11.9. The van der Waals surface area contributed by atoms with Crippen molar-refractivity contribution >= 4 is 10.0 Å². The molecule has 0 aromatic heterocycles. The Balaban J connectivity index is 1.99. The number of rotatable bonds is 5. The van der Waals surface area contributed by atoms with Crippen molar-refractivity contribution in [3.63, 3.8) is 0 Å². The van der Waals surface area contributed by atoms with Crippen molar-refractivity contribution in [3.05, 3.63) is 24.3 Å². The van der Waals surface area contributed by atoms with Gasteiger partial charge in [0.1, 0.15) is 5.75 Å². The fourth-order valence-corrected chi connectivity index (χ4v) is 3.48. The topological polar surface area (TPSA) is 67.4 Å². The lowest BCUT2D eigenvalue weighted by Crippen LogP contribution is -2.42. The minimum absolute atomic E-state index is 0.273. The average molecular weight is 298 g/mol. The quantitative estimate of drug-likeness (QED) is 0.858. The molecule has 0 spiro atoms. The summed E-state index contributed by atoms with van der Waals surface area (Å²) >= 11 is 0. The number of sulfonamides is 1. The lowest BCUT2D eigenvalue weighted by Gasteiger charge is -2.29. The van der Waals surface area contributed by atoms with Crippen LogP contribution in [0, 0.1) is 11.8 Å². The van der Waals surface area contributed by atoms with E-state index in [4.69, 9.17) is 4.74 Å². The highest BCUT2D eigenvalue weighted by atomic mass is 32.2. The predicted octanol–water partition coefficient (Wildman–Crippen LogP) is 1.22. The number of nitrogens with one attached hydrogen (secondary N) is 2. The maximum Gasteiger partial charge on any atom is 0.240 e. The van der Waals surface area contributed by atoms with Crippen LogP contribution in [-0.4, -0.2) is 35.2 Å². The van der Waals surface area contributed by atoms with E-state index in [2.05, 4.69) is 17.0 Å². The first-order valence-electron chi connectivity index (χ1n) is 6.87. The lowest BCUT2D eigenvalue weighted by molar-refractivity contribution is 0.275. The Morgan fingerprint density at radius 2 is 2.05 bits per heavy atom. The molecule has 1 aliphatic rings. The summed E-state index contributed by atoms with van der Waals surface area (Å²) < 4.78 is 32.1. The normalized spacial score (nSPS) is 23.5. The second-order valence-electron chi connectivity index (χ2n) is 5.26. The van der Waals surface area contributed by atoms with Crippen molar-refractivity contribution in [1.82, 2.24) is 10.0 Å². The first-order chi connectivity index (χ1) is 9.53. The Kier molecular flexibility index (Phi) is 5.01. The summed E-state index contributed by atoms with van der Waals surface area (Å²) in [4.78, 5) is 0.273. The molecule has 1 saturated heterocycles. The van der Waals surface area contributed by atoms with E-state index in [9.17, 15) is 8.42 Å². The van der Waals surface area contributed by atoms with Crippen LogP contribution in [0.3, 0.4) is 0 Å². The van der Waals surface area contributed by atoms with Gasteiger partial charge in [-0.1, -0.05) is 6.92 Å². The van der Waals surface area contributed by atoms with Gasteiger partial charge in [0.15, 0.2) is 0 Å². The zero-order valence-corrected chi connectivity index (χ0v) is 12.7. The van der Waals surface area contributed by atoms with Gasteiger partial charge in [-0.25, -0.2) is 13.1 Å². The van der Waals surface area contributed by atoms with E-state index in [1.54, 1.807) is 31.4 Å². The van der Waals surface area contributed by atoms with E-state index in [0.717, 1.165) is 19.5 Å². The number of methoxy groups -OCH3 is 1. The van der Waals surface area contributed by atoms with E-state index in [0.29, 0.717) is 24.1 Å². The molecule has 1 aliphatic heterocycles. The van der Waals surface area contributed by atoms with Crippen LogP contribution >= 0.6 is 0 Å². The molecule has 20 heavy (non-hydrogen) atoms. The molecule has 0 radical (unpaired) electrons. The Morgan fingerprint density at radius 1 is 1.35 bits per heavy atom. The third kappa shape index (κ3) is 3.71. The van der Waals surface area contributed by atoms with Gasteiger partial charge < -0.3 is 10.1 Å². The molecular weight excluding hydrogens is 276 g/mol. The van der Waals surface area contributed by atoms with Gasteiger partial charge in [0.2, 0.25) is 10.0 Å². The number of hydrogen-bond acceptors (Lipinski definition) is 4. The fourth-order valence-electron chi connectivity index (χ4n) is 2.38. The van der Waals surface area contributed by atoms with Crippen LogP contribution in [0.15, 0.2) is 29.2 Å². The van der Waals surface area contributed by atoms with Crippen molar-refractivity contribution in [3.8, 4) is 5.75 Å². The molecule has 0 aliphatic carbocycles. The summed E-state index contributed by atoms with van der Waals surface area (Å²) in [5.74, 6) is 1.53. The van der Waals surface area contributed by atoms with E-state index in [-0.39, 0.29) is 4.90 Å². The van der Waals surface area contributed by atoms with E-state index in [1.165, 1.54) is 0 Å². The molecule has 1 aromatic rings. The van der Waals surface area contributed by atoms with Gasteiger partial charge in [-0.15, -0.1) is 0 Å². The Hall–Kier alpha value is -1.11. The Bertz CT molecular complexity index is 528. The summed E-state index contributed by atoms with van der Waals surface area (Å²) in [6.45, 7) is 4.53. The first kappa shape index (κ1) is 15.3. The van der Waals surface area contributed by atoms with Crippen molar-refractivity contribution in [2.24, 2.45) is 11.8 Å². The number of benzene rings is 1. The molecule has 1 fully saturated rings. The minimum atomic E-state index is -3.44. The number of hydrogen-bond donors (Lipinski definition) is 2. The highest BCUT2D eigenvalue weighted by molar-refractivity contribution is 7.89. The van der Waals surface area contributed by atoms with Crippen molar-refractivity contribution < 1.29 is 13.2 Å². The SMILES string of the molecule is COc1ccc(S(=O)(=O)NCC2CNCCC2C)cc1. The molecule has 2 N–H and O–H groups in total. The summed E-state index contributed by atoms with van der Waals surface area (Å²) in [5, 5.41) is 3.30. The summed E-state index contributed by atoms with van der Waals surface area (Å²) in [6, 6.07) is 6.42. The molecule has 1 aromatic carbocycles. The Labute approximate surface area is 120 Å². The molecule has 2 rings (SSSR count). The van der Waals surface area contributed by atoms with E-state index in [1.807, 2.05) is 0 Å². The Morgan fingerprint density at radius 3 is 2.65 bits per heavy atom. The van der Waals surface area contributed by atoms with Crippen molar-refractivity contribution in [2.75, 3.05) is 26.7 Å². The predicted molar refractivity (Wildman–Crippen MR) is 78.3 cm³/mol. The monoisotopic (exact) mass is 298 g/mol. The molecule has 2 atom stereocenters. The average Bonchev–Trinajstić information content (AvgIpc) is 2.46. The summed E-state index contributed by atoms with van der Waals surface area (Å²) in [5.41, 5.74) is 0. The van der Waals surface area contributed by atoms with Crippen LogP contribution in [-0.2, 0) is 10.0 Å². The van der Waals surface area contributed by atoms with Gasteiger partial charge in [0.25, 0.3) is 0 Å². The molecule has 112 valence electrons. The van der Waals surface area contributed by atoms with Crippen LogP contribution in [0.5, 0.6) is 5.75 Å². The maximum absolute atomic E-state index is 12.2. The molecule has 2 unspecified atom stereocenters. The molecule has 1 heterocycles. The van der Waals surface area contributed by atoms with Crippen LogP contribution in [0.25, 0.3) is 0 Å². The molecular formula is C14H22N2O3S. The smallest absolute Gasteiger partial charge is 0.240 e. The highest BCUT2D eigenvalue weighted by Crippen LogP contribution is 2.19. The summed E-state index contributed by atoms with van der Waals surface area (Å²) in [6.07, 6.45) is 1.09. The fraction of sp³-hybridized carbons (Fsp3) is 0.571. The lowest BCUT2D eigenvalue weighted by atomic mass is 9.88. The van der Waals surface area contributed by atoms with Crippen molar-refractivity contribution in [1.29, 1.82) is 0 Å². The van der Waals surface area contributed by atoms with E-state index >= 15 is 0 Å². The third-order valence-electron chi connectivity index (χ3n) is 3.89. The van der Waals surface area contributed by atoms with Gasteiger partial charge in [-0.05, 0) is 55.6 Å². The van der Waals surface area contributed by atoms with Crippen LogP contribution < -0.4 is 14.8 Å². The second-order valence-corrected chi connectivity index (χ2v) is 7.02. The van der Waals surface area contributed by atoms with Crippen LogP contribution in [0.4, 0.5) is 0 Å². The molecule has 0 amide bonds. The van der Waals surface area contributed by atoms with Gasteiger partial charge in [-0.3, -0.25) is 0 Å². The van der Waals surface area contributed by atoms with E-state index < -0.39 is 10.0 Å². The van der Waals surface area contributed by atoms with Gasteiger partial charge in [0, 0.05) is 6.54 Å². The highest BCUT2D eigenvalue weighted by Gasteiger charge is 2.23. The third-order valence-corrected chi connectivity index (χ3v) is 5.33. The standard InChI is InChI=1S/C14H22N2O3S/c1-11-7-8-15-9-12(11)10-16-20(17,18)14-5-3-13(19-2)4-6-14/h3-6,11-12,15-16H,7-10H2,1-2H3. The van der Waals surface area contributed by atoms with Gasteiger partial charge >= 0.3 is 0 Å². The minimum Gasteiger partial charge on any atom is -0.497 e. The molecule has 6 heteroatoms. The largest absolute Gasteiger partial charge is 0.497 e. The van der Waals surface area contributed by atoms with Crippen molar-refractivity contribution in [2.45, 2.75) is 18.2 Å². The van der Waals surface area contributed by atoms with Gasteiger partial charge in [-0.2, -0.15) is 0 Å². The number of ether oxygens (including phenoxy) is 1.